The summed E-state index contributed by atoms with van der Waals surface area (Å²) in [6, 6.07) is 7.42. The molecule has 66 valence electrons. The highest BCUT2D eigenvalue weighted by Gasteiger charge is 2.01. The average molecular weight is 258 g/mol. The van der Waals surface area contributed by atoms with Crippen LogP contribution in [0.15, 0.2) is 28.7 Å². The zero-order chi connectivity index (χ0) is 9.42. The third-order valence-electron chi connectivity index (χ3n) is 1.75. The highest BCUT2D eigenvalue weighted by Crippen LogP contribution is 2.25. The molecule has 0 unspecified atom stereocenters. The summed E-state index contributed by atoms with van der Waals surface area (Å²) in [7, 11) is 0. The molecule has 0 aliphatic carbocycles. The number of nitrogens with zero attached hydrogens (tertiary/aromatic N) is 1. The molecular formula is C9H6BrClN2. The molecule has 0 spiro atoms. The number of hydrogen-bond donors (Lipinski definition) is 1. The minimum absolute atomic E-state index is 0.470. The van der Waals surface area contributed by atoms with Gasteiger partial charge in [-0.05, 0) is 40.2 Å². The SMILES string of the molecule is Nc1ccc2nc(Cl)c(Br)cc2c1. The molecule has 2 rings (SSSR count). The third kappa shape index (κ3) is 1.62. The van der Waals surface area contributed by atoms with Crippen molar-refractivity contribution in [2.45, 2.75) is 0 Å². The van der Waals surface area contributed by atoms with E-state index in [1.165, 1.54) is 0 Å². The van der Waals surface area contributed by atoms with Crippen LogP contribution in [0.2, 0.25) is 5.15 Å². The Labute approximate surface area is 88.8 Å². The van der Waals surface area contributed by atoms with Gasteiger partial charge in [-0.1, -0.05) is 11.6 Å². The molecule has 0 saturated heterocycles. The maximum Gasteiger partial charge on any atom is 0.143 e. The van der Waals surface area contributed by atoms with Crippen LogP contribution in [0, 0.1) is 0 Å². The molecule has 1 aromatic carbocycles. The predicted octanol–water partition coefficient (Wildman–Crippen LogP) is 3.23. The van der Waals surface area contributed by atoms with Crippen molar-refractivity contribution in [3.63, 3.8) is 0 Å². The van der Waals surface area contributed by atoms with Crippen LogP contribution < -0.4 is 5.73 Å². The van der Waals surface area contributed by atoms with E-state index in [0.29, 0.717) is 5.15 Å². The van der Waals surface area contributed by atoms with Gasteiger partial charge in [0.2, 0.25) is 0 Å². The number of pyridine rings is 1. The van der Waals surface area contributed by atoms with Crippen LogP contribution in [0.3, 0.4) is 0 Å². The topological polar surface area (TPSA) is 38.9 Å². The van der Waals surface area contributed by atoms with Crippen molar-refractivity contribution in [2.75, 3.05) is 5.73 Å². The Morgan fingerprint density at radius 2 is 2.08 bits per heavy atom. The lowest BCUT2D eigenvalue weighted by Crippen LogP contribution is -1.86. The van der Waals surface area contributed by atoms with Crippen LogP contribution >= 0.6 is 27.5 Å². The second-order valence-electron chi connectivity index (χ2n) is 2.71. The molecule has 0 bridgehead atoms. The van der Waals surface area contributed by atoms with Crippen molar-refractivity contribution in [3.8, 4) is 0 Å². The van der Waals surface area contributed by atoms with E-state index >= 15 is 0 Å². The molecule has 13 heavy (non-hydrogen) atoms. The molecule has 2 nitrogen and oxygen atoms in total. The lowest BCUT2D eigenvalue weighted by molar-refractivity contribution is 1.39. The lowest BCUT2D eigenvalue weighted by atomic mass is 10.2. The minimum Gasteiger partial charge on any atom is -0.399 e. The van der Waals surface area contributed by atoms with Gasteiger partial charge in [-0.25, -0.2) is 4.98 Å². The standard InChI is InChI=1S/C9H6BrClN2/c10-7-4-5-3-6(12)1-2-8(5)13-9(7)11/h1-4H,12H2. The Bertz CT molecular complexity index is 470. The monoisotopic (exact) mass is 256 g/mol. The quantitative estimate of drug-likeness (QED) is 0.581. The fourth-order valence-electron chi connectivity index (χ4n) is 1.15. The molecule has 2 N–H and O–H groups in total. The molecule has 2 aromatic rings. The number of benzene rings is 1. The van der Waals surface area contributed by atoms with E-state index in [1.54, 1.807) is 6.07 Å². The summed E-state index contributed by atoms with van der Waals surface area (Å²) in [6.45, 7) is 0. The van der Waals surface area contributed by atoms with E-state index in [-0.39, 0.29) is 0 Å². The van der Waals surface area contributed by atoms with Gasteiger partial charge in [-0.3, -0.25) is 0 Å². The summed E-state index contributed by atoms with van der Waals surface area (Å²) in [6.07, 6.45) is 0. The Kier molecular flexibility index (Phi) is 2.14. The Hall–Kier alpha value is -0.800. The van der Waals surface area contributed by atoms with Crippen molar-refractivity contribution in [2.24, 2.45) is 0 Å². The first-order valence-corrected chi connectivity index (χ1v) is 4.85. The summed E-state index contributed by atoms with van der Waals surface area (Å²) < 4.78 is 0.785. The fourth-order valence-corrected chi connectivity index (χ4v) is 1.63. The average Bonchev–Trinajstić information content (AvgIpc) is 2.08. The van der Waals surface area contributed by atoms with Gasteiger partial charge in [0.1, 0.15) is 5.15 Å². The summed E-state index contributed by atoms with van der Waals surface area (Å²) >= 11 is 9.14. The number of nitrogens with two attached hydrogens (primary N) is 1. The van der Waals surface area contributed by atoms with Crippen molar-refractivity contribution in [1.29, 1.82) is 0 Å². The zero-order valence-electron chi connectivity index (χ0n) is 6.59. The maximum absolute atomic E-state index is 5.84. The first-order chi connectivity index (χ1) is 6.16. The molecule has 0 fully saturated rings. The van der Waals surface area contributed by atoms with Gasteiger partial charge in [0, 0.05) is 11.1 Å². The molecule has 0 aliphatic rings. The lowest BCUT2D eigenvalue weighted by Gasteiger charge is -2.00. The van der Waals surface area contributed by atoms with Crippen molar-refractivity contribution < 1.29 is 0 Å². The van der Waals surface area contributed by atoms with Crippen LogP contribution in [0.4, 0.5) is 5.69 Å². The van der Waals surface area contributed by atoms with Crippen LogP contribution in [-0.4, -0.2) is 4.98 Å². The fraction of sp³-hybridized carbons (Fsp3) is 0. The first kappa shape index (κ1) is 8.78. The van der Waals surface area contributed by atoms with Crippen molar-refractivity contribution in [1.82, 2.24) is 4.98 Å². The molecule has 0 radical (unpaired) electrons. The number of aromatic nitrogens is 1. The van der Waals surface area contributed by atoms with Gasteiger partial charge in [0.05, 0.1) is 9.99 Å². The van der Waals surface area contributed by atoms with E-state index in [0.717, 1.165) is 21.1 Å². The van der Waals surface area contributed by atoms with Gasteiger partial charge in [0.25, 0.3) is 0 Å². The largest absolute Gasteiger partial charge is 0.399 e. The molecule has 0 atom stereocenters. The van der Waals surface area contributed by atoms with Gasteiger partial charge in [-0.2, -0.15) is 0 Å². The molecule has 0 aliphatic heterocycles. The Morgan fingerprint density at radius 1 is 1.31 bits per heavy atom. The van der Waals surface area contributed by atoms with Crippen LogP contribution in [-0.2, 0) is 0 Å². The molecule has 1 heterocycles. The van der Waals surface area contributed by atoms with Gasteiger partial charge in [-0.15, -0.1) is 0 Å². The number of rotatable bonds is 0. The van der Waals surface area contributed by atoms with Crippen LogP contribution in [0.1, 0.15) is 0 Å². The third-order valence-corrected chi connectivity index (χ3v) is 2.87. The van der Waals surface area contributed by atoms with E-state index in [4.69, 9.17) is 17.3 Å². The van der Waals surface area contributed by atoms with Crippen molar-refractivity contribution >= 4 is 44.1 Å². The van der Waals surface area contributed by atoms with E-state index in [1.807, 2.05) is 18.2 Å². The second kappa shape index (κ2) is 3.16. The first-order valence-electron chi connectivity index (χ1n) is 3.68. The molecule has 1 aromatic heterocycles. The highest BCUT2D eigenvalue weighted by molar-refractivity contribution is 9.10. The van der Waals surface area contributed by atoms with E-state index < -0.39 is 0 Å². The van der Waals surface area contributed by atoms with Crippen molar-refractivity contribution in [3.05, 3.63) is 33.9 Å². The molecule has 0 saturated carbocycles. The number of nitrogen functional groups attached to an aromatic ring is 1. The summed E-state index contributed by atoms with van der Waals surface area (Å²) in [5.41, 5.74) is 7.21. The smallest absolute Gasteiger partial charge is 0.143 e. The normalized spacial score (nSPS) is 10.6. The summed E-state index contributed by atoms with van der Waals surface area (Å²) in [4.78, 5) is 4.18. The second-order valence-corrected chi connectivity index (χ2v) is 3.93. The summed E-state index contributed by atoms with van der Waals surface area (Å²) in [5, 5.41) is 1.45. The molecule has 4 heteroatoms. The molecular weight excluding hydrogens is 251 g/mol. The van der Waals surface area contributed by atoms with Crippen LogP contribution in [0.25, 0.3) is 10.9 Å². The van der Waals surface area contributed by atoms with Gasteiger partial charge < -0.3 is 5.73 Å². The summed E-state index contributed by atoms with van der Waals surface area (Å²) in [5.74, 6) is 0. The number of hydrogen-bond acceptors (Lipinski definition) is 2. The Morgan fingerprint density at radius 3 is 2.85 bits per heavy atom. The predicted molar refractivity (Wildman–Crippen MR) is 58.9 cm³/mol. The Balaban J connectivity index is 2.81. The maximum atomic E-state index is 5.84. The minimum atomic E-state index is 0.470. The van der Waals surface area contributed by atoms with Crippen LogP contribution in [0.5, 0.6) is 0 Å². The van der Waals surface area contributed by atoms with Gasteiger partial charge in [0.15, 0.2) is 0 Å². The number of anilines is 1. The number of fused-ring (bicyclic) bond motifs is 1. The zero-order valence-corrected chi connectivity index (χ0v) is 8.93. The van der Waals surface area contributed by atoms with Gasteiger partial charge >= 0.3 is 0 Å². The molecule has 0 amide bonds. The number of halogens is 2. The highest BCUT2D eigenvalue weighted by atomic mass is 79.9. The van der Waals surface area contributed by atoms with E-state index in [9.17, 15) is 0 Å². The van der Waals surface area contributed by atoms with E-state index in [2.05, 4.69) is 20.9 Å².